The van der Waals surface area contributed by atoms with E-state index < -0.39 is 0 Å². The number of carbonyl (C=O) groups is 1. The van der Waals surface area contributed by atoms with E-state index in [9.17, 15) is 4.79 Å². The van der Waals surface area contributed by atoms with Gasteiger partial charge in [0.05, 0.1) is 11.2 Å². The Labute approximate surface area is 184 Å². The summed E-state index contributed by atoms with van der Waals surface area (Å²) < 4.78 is 0. The number of hydrogen-bond acceptors (Lipinski definition) is 3. The van der Waals surface area contributed by atoms with Crippen molar-refractivity contribution in [2.45, 2.75) is 26.7 Å². The molecule has 31 heavy (non-hydrogen) atoms. The Bertz CT molecular complexity index is 1100. The van der Waals surface area contributed by atoms with Crippen molar-refractivity contribution >= 4 is 28.7 Å². The fourth-order valence-electron chi connectivity index (χ4n) is 4.11. The van der Waals surface area contributed by atoms with Crippen molar-refractivity contribution in [1.29, 1.82) is 0 Å². The van der Waals surface area contributed by atoms with Crippen LogP contribution in [0.1, 0.15) is 29.7 Å². The number of nitrogens with zero attached hydrogens (tertiary/aromatic N) is 2. The van der Waals surface area contributed by atoms with Crippen LogP contribution in [0.2, 0.25) is 0 Å². The van der Waals surface area contributed by atoms with Gasteiger partial charge in [0.1, 0.15) is 0 Å². The second-order valence-corrected chi connectivity index (χ2v) is 8.27. The number of amides is 2. The second-order valence-electron chi connectivity index (χ2n) is 8.27. The number of aromatic nitrogens is 1. The maximum absolute atomic E-state index is 12.4. The molecule has 1 aromatic heterocycles. The number of hydrogen-bond donors (Lipinski definition) is 2. The average molecular weight is 415 g/mol. The largest absolute Gasteiger partial charge is 0.337 e. The first kappa shape index (κ1) is 21.1. The zero-order chi connectivity index (χ0) is 21.6. The molecule has 5 heteroatoms. The van der Waals surface area contributed by atoms with Crippen LogP contribution in [0.25, 0.3) is 17.0 Å². The van der Waals surface area contributed by atoms with Crippen LogP contribution in [0, 0.1) is 13.8 Å². The van der Waals surface area contributed by atoms with E-state index in [1.807, 2.05) is 37.3 Å². The highest BCUT2D eigenvalue weighted by atomic mass is 16.2. The van der Waals surface area contributed by atoms with Gasteiger partial charge in [0, 0.05) is 37.3 Å². The van der Waals surface area contributed by atoms with Gasteiger partial charge >= 0.3 is 6.03 Å². The fourth-order valence-corrected chi connectivity index (χ4v) is 4.11. The van der Waals surface area contributed by atoms with Gasteiger partial charge in [0.25, 0.3) is 0 Å². The number of fused-ring (bicyclic) bond motifs is 1. The van der Waals surface area contributed by atoms with E-state index in [1.54, 1.807) is 0 Å². The predicted octanol–water partition coefficient (Wildman–Crippen LogP) is 5.15. The van der Waals surface area contributed by atoms with Crippen molar-refractivity contribution in [2.75, 3.05) is 31.5 Å². The first-order valence-electron chi connectivity index (χ1n) is 11.0. The zero-order valence-electron chi connectivity index (χ0n) is 18.3. The van der Waals surface area contributed by atoms with Gasteiger partial charge in [-0.05, 0) is 44.4 Å². The molecular formula is C26H30N4O. The van der Waals surface area contributed by atoms with Gasteiger partial charge in [-0.3, -0.25) is 4.98 Å². The van der Waals surface area contributed by atoms with Gasteiger partial charge in [-0.25, -0.2) is 4.79 Å². The summed E-state index contributed by atoms with van der Waals surface area (Å²) in [5, 5.41) is 6.93. The monoisotopic (exact) mass is 414 g/mol. The van der Waals surface area contributed by atoms with E-state index in [0.29, 0.717) is 6.54 Å². The standard InChI is InChI=1S/C26H30N4O/c1-19-6-5-7-22(16-19)18-21-10-13-30(14-11-21)15-12-27-26(31)29-25-17-20(2)28-24-9-4-3-8-23(24)25/h3-9,16-18H,10-15H2,1-2H3,(H2,27,28,29,31). The number of benzene rings is 2. The Kier molecular flexibility index (Phi) is 6.63. The summed E-state index contributed by atoms with van der Waals surface area (Å²) in [5.41, 5.74) is 6.67. The number of urea groups is 1. The Balaban J connectivity index is 1.24. The van der Waals surface area contributed by atoms with E-state index in [0.717, 1.165) is 54.8 Å². The SMILES string of the molecule is Cc1cccc(C=C2CCN(CCNC(=O)Nc3cc(C)nc4ccccc34)CC2)c1. The van der Waals surface area contributed by atoms with E-state index in [-0.39, 0.29) is 6.03 Å². The molecule has 1 aliphatic rings. The minimum absolute atomic E-state index is 0.173. The van der Waals surface area contributed by atoms with Crippen molar-refractivity contribution in [2.24, 2.45) is 0 Å². The first-order valence-corrected chi connectivity index (χ1v) is 11.0. The summed E-state index contributed by atoms with van der Waals surface area (Å²) in [5.74, 6) is 0. The molecule has 0 radical (unpaired) electrons. The molecule has 0 saturated carbocycles. The molecule has 3 aromatic rings. The molecule has 0 unspecified atom stereocenters. The van der Waals surface area contributed by atoms with Crippen molar-refractivity contribution < 1.29 is 4.79 Å². The van der Waals surface area contributed by atoms with E-state index >= 15 is 0 Å². The minimum Gasteiger partial charge on any atom is -0.337 e. The Morgan fingerprint density at radius 1 is 1.06 bits per heavy atom. The molecule has 160 valence electrons. The number of para-hydroxylation sites is 1. The van der Waals surface area contributed by atoms with Gasteiger partial charge in [-0.2, -0.15) is 0 Å². The number of anilines is 1. The number of nitrogens with one attached hydrogen (secondary N) is 2. The number of rotatable bonds is 5. The predicted molar refractivity (Wildman–Crippen MR) is 128 cm³/mol. The van der Waals surface area contributed by atoms with Gasteiger partial charge in [0.15, 0.2) is 0 Å². The zero-order valence-corrected chi connectivity index (χ0v) is 18.3. The smallest absolute Gasteiger partial charge is 0.319 e. The Morgan fingerprint density at radius 3 is 2.68 bits per heavy atom. The third-order valence-corrected chi connectivity index (χ3v) is 5.72. The Morgan fingerprint density at radius 2 is 1.87 bits per heavy atom. The molecule has 1 fully saturated rings. The number of piperidine rings is 1. The highest BCUT2D eigenvalue weighted by Gasteiger charge is 2.14. The molecule has 0 aliphatic carbocycles. The molecule has 4 rings (SSSR count). The number of likely N-dealkylation sites (tertiary alicyclic amines) is 1. The van der Waals surface area contributed by atoms with Crippen molar-refractivity contribution in [3.63, 3.8) is 0 Å². The van der Waals surface area contributed by atoms with Gasteiger partial charge in [-0.1, -0.05) is 59.7 Å². The molecule has 0 bridgehead atoms. The number of carbonyl (C=O) groups excluding carboxylic acids is 1. The fraction of sp³-hybridized carbons (Fsp3) is 0.308. The molecular weight excluding hydrogens is 384 g/mol. The van der Waals surface area contributed by atoms with Crippen LogP contribution in [-0.4, -0.2) is 42.1 Å². The van der Waals surface area contributed by atoms with Crippen molar-refractivity contribution in [3.8, 4) is 0 Å². The number of aryl methyl sites for hydroxylation is 2. The molecule has 2 amide bonds. The van der Waals surface area contributed by atoms with E-state index in [1.165, 1.54) is 16.7 Å². The van der Waals surface area contributed by atoms with Gasteiger partial charge in [-0.15, -0.1) is 0 Å². The Hall–Kier alpha value is -3.18. The lowest BCUT2D eigenvalue weighted by Crippen LogP contribution is -2.39. The van der Waals surface area contributed by atoms with Crippen LogP contribution in [0.5, 0.6) is 0 Å². The molecule has 5 nitrogen and oxygen atoms in total. The summed E-state index contributed by atoms with van der Waals surface area (Å²) in [6.45, 7) is 7.63. The van der Waals surface area contributed by atoms with Crippen molar-refractivity contribution in [1.82, 2.24) is 15.2 Å². The van der Waals surface area contributed by atoms with E-state index in [4.69, 9.17) is 0 Å². The average Bonchev–Trinajstić information content (AvgIpc) is 2.75. The normalized spacial score (nSPS) is 14.5. The molecule has 2 aromatic carbocycles. The van der Waals surface area contributed by atoms with Crippen molar-refractivity contribution in [3.05, 3.63) is 77.0 Å². The maximum Gasteiger partial charge on any atom is 0.319 e. The molecule has 0 atom stereocenters. The third kappa shape index (κ3) is 5.70. The van der Waals surface area contributed by atoms with Crippen LogP contribution in [0.3, 0.4) is 0 Å². The summed E-state index contributed by atoms with van der Waals surface area (Å²) in [6, 6.07) is 18.2. The highest BCUT2D eigenvalue weighted by molar-refractivity contribution is 6.00. The van der Waals surface area contributed by atoms with Gasteiger partial charge in [0.2, 0.25) is 0 Å². The van der Waals surface area contributed by atoms with E-state index in [2.05, 4.69) is 57.8 Å². The quantitative estimate of drug-likeness (QED) is 0.607. The topological polar surface area (TPSA) is 57.3 Å². The lowest BCUT2D eigenvalue weighted by Gasteiger charge is -2.28. The van der Waals surface area contributed by atoms with Crippen LogP contribution >= 0.6 is 0 Å². The van der Waals surface area contributed by atoms with Crippen LogP contribution in [0.15, 0.2) is 60.2 Å². The molecule has 2 heterocycles. The lowest BCUT2D eigenvalue weighted by molar-refractivity contribution is 0.240. The highest BCUT2D eigenvalue weighted by Crippen LogP contribution is 2.23. The second kappa shape index (κ2) is 9.75. The summed E-state index contributed by atoms with van der Waals surface area (Å²) >= 11 is 0. The third-order valence-electron chi connectivity index (χ3n) is 5.72. The summed E-state index contributed by atoms with van der Waals surface area (Å²) in [6.07, 6.45) is 4.50. The van der Waals surface area contributed by atoms with Crippen LogP contribution < -0.4 is 10.6 Å². The van der Waals surface area contributed by atoms with Crippen LogP contribution in [0.4, 0.5) is 10.5 Å². The molecule has 0 spiro atoms. The van der Waals surface area contributed by atoms with Crippen LogP contribution in [-0.2, 0) is 0 Å². The summed E-state index contributed by atoms with van der Waals surface area (Å²) in [4.78, 5) is 19.4. The first-order chi connectivity index (χ1) is 15.1. The lowest BCUT2D eigenvalue weighted by atomic mass is 10.0. The maximum atomic E-state index is 12.4. The molecule has 2 N–H and O–H groups in total. The number of pyridine rings is 1. The summed E-state index contributed by atoms with van der Waals surface area (Å²) in [7, 11) is 0. The van der Waals surface area contributed by atoms with Gasteiger partial charge < -0.3 is 15.5 Å². The minimum atomic E-state index is -0.173. The molecule has 1 saturated heterocycles. The molecule has 1 aliphatic heterocycles.